The third kappa shape index (κ3) is 34.7. The van der Waals surface area contributed by atoms with Crippen molar-refractivity contribution in [1.82, 2.24) is 69.1 Å². The van der Waals surface area contributed by atoms with Crippen molar-refractivity contribution in [3.63, 3.8) is 0 Å². The Morgan fingerprint density at radius 3 is 0.779 bits per heavy atom. The Morgan fingerprint density at radius 2 is 0.545 bits per heavy atom. The molecule has 436 valence electrons. The molecule has 77 heavy (non-hydrogen) atoms. The number of Topliss-reactive ketones (excluding diaryl/α,β-unsaturated/α-hetero) is 1. The van der Waals surface area contributed by atoms with Crippen molar-refractivity contribution in [2.24, 2.45) is 40.3 Å². The maximum Gasteiger partial charge on any atom is 0.243 e. The van der Waals surface area contributed by atoms with Gasteiger partial charge in [-0.25, -0.2) is 0 Å². The van der Waals surface area contributed by atoms with E-state index in [0.717, 1.165) is 0 Å². The zero-order chi connectivity index (χ0) is 58.5. The lowest BCUT2D eigenvalue weighted by molar-refractivity contribution is -0.136. The molecule has 0 heterocycles. The second-order valence-electron chi connectivity index (χ2n) is 18.1. The predicted molar refractivity (Wildman–Crippen MR) is 290 cm³/mol. The molecule has 0 spiro atoms. The smallest absolute Gasteiger partial charge is 0.243 e. The minimum Gasteiger partial charge on any atom is -0.370 e. The molecular weight excluding hydrogens is 1010 g/mol. The van der Waals surface area contributed by atoms with Gasteiger partial charge in [0.2, 0.25) is 41.4 Å². The number of rotatable bonds is 40. The van der Waals surface area contributed by atoms with Gasteiger partial charge in [-0.05, 0) is 83.5 Å². The summed E-state index contributed by atoms with van der Waals surface area (Å²) in [5, 5.41) is 79.1. The molecule has 0 fully saturated rings. The van der Waals surface area contributed by atoms with Crippen LogP contribution in [0.5, 0.6) is 0 Å². The van der Waals surface area contributed by atoms with Crippen molar-refractivity contribution in [3.05, 3.63) is 0 Å². The Morgan fingerprint density at radius 1 is 0.325 bits per heavy atom. The van der Waals surface area contributed by atoms with Gasteiger partial charge in [0.05, 0.1) is 6.54 Å². The van der Waals surface area contributed by atoms with E-state index < -0.39 is 83.5 Å². The largest absolute Gasteiger partial charge is 0.370 e. The average molecular weight is 1090 g/mol. The summed E-state index contributed by atoms with van der Waals surface area (Å²) >= 11 is 0. The second kappa shape index (κ2) is 39.1. The quantitative estimate of drug-likeness (QED) is 0.0154. The van der Waals surface area contributed by atoms with E-state index in [9.17, 15) is 38.4 Å². The summed E-state index contributed by atoms with van der Waals surface area (Å²) in [6, 6.07) is -7.90. The highest BCUT2D eigenvalue weighted by molar-refractivity contribution is 5.97. The normalized spacial score (nSPS) is 12.9. The molecule has 33 heteroatoms. The molecule has 0 bridgehead atoms. The monoisotopic (exact) mass is 1090 g/mol. The van der Waals surface area contributed by atoms with Gasteiger partial charge >= 0.3 is 0 Å². The zero-order valence-corrected chi connectivity index (χ0v) is 44.4. The molecule has 7 amide bonds. The van der Waals surface area contributed by atoms with Crippen LogP contribution < -0.4 is 104 Å². The van der Waals surface area contributed by atoms with Crippen LogP contribution in [0.3, 0.4) is 0 Å². The van der Waals surface area contributed by atoms with Gasteiger partial charge in [-0.15, -0.1) is 0 Å². The van der Waals surface area contributed by atoms with Crippen LogP contribution in [0, 0.1) is 38.4 Å². The van der Waals surface area contributed by atoms with Crippen molar-refractivity contribution in [3.8, 4) is 0 Å². The first-order chi connectivity index (χ1) is 36.2. The molecular formula is C44H87N25O8. The van der Waals surface area contributed by atoms with Gasteiger partial charge in [0.15, 0.2) is 41.5 Å². The Labute approximate surface area is 448 Å². The van der Waals surface area contributed by atoms with Crippen LogP contribution >= 0.6 is 0 Å². The highest BCUT2D eigenvalue weighted by Gasteiger charge is 2.33. The molecule has 0 aliphatic carbocycles. The van der Waals surface area contributed by atoms with E-state index in [1.165, 1.54) is 6.92 Å². The molecule has 0 rings (SSSR count). The Balaban J connectivity index is 7.14. The van der Waals surface area contributed by atoms with Crippen LogP contribution in [0.25, 0.3) is 0 Å². The number of nitrogens with one attached hydrogen (secondary N) is 19. The van der Waals surface area contributed by atoms with Gasteiger partial charge in [-0.3, -0.25) is 70.8 Å². The Kier molecular flexibility index (Phi) is 34.8. The van der Waals surface area contributed by atoms with Gasteiger partial charge in [0, 0.05) is 52.1 Å². The lowest BCUT2D eigenvalue weighted by Crippen LogP contribution is -2.60. The fourth-order valence-corrected chi connectivity index (χ4v) is 7.06. The van der Waals surface area contributed by atoms with E-state index >= 15 is 0 Å². The highest BCUT2D eigenvalue weighted by Crippen LogP contribution is 2.10. The molecule has 6 atom stereocenters. The van der Waals surface area contributed by atoms with Crippen molar-refractivity contribution in [2.75, 3.05) is 45.8 Å². The number of hydrogen-bond donors (Lipinski definition) is 25. The van der Waals surface area contributed by atoms with E-state index in [1.807, 2.05) is 0 Å². The van der Waals surface area contributed by atoms with Gasteiger partial charge < -0.3 is 104 Å². The first-order valence-corrected chi connectivity index (χ1v) is 25.3. The molecule has 0 aliphatic rings. The molecule has 0 aromatic carbocycles. The van der Waals surface area contributed by atoms with E-state index in [2.05, 4.69) is 69.1 Å². The van der Waals surface area contributed by atoms with Crippen LogP contribution in [0.1, 0.15) is 104 Å². The molecule has 33 nitrogen and oxygen atoms in total. The average Bonchev–Trinajstić information content (AvgIpc) is 3.33. The summed E-state index contributed by atoms with van der Waals surface area (Å²) < 4.78 is 0. The van der Waals surface area contributed by atoms with E-state index in [1.54, 1.807) is 13.8 Å². The van der Waals surface area contributed by atoms with Crippen LogP contribution in [0.2, 0.25) is 0 Å². The standard InChI is InChI=1S/C44H87N25O8/c1-24(2)32(71)23-63-33(72)26(12-6-18-58-40(47)48)65-36(75)29(14-8-20-60-42(51)52)68-35(74)28(11-4-5-17-57-39(45)46)66-37(76)31(16-10-22-62-44(55)56)69-38(77)30(15-9-21-61-43(53)54)67-34(73)27(64-25(3)70)13-7-19-59-41(49)50/h24,26-31H,4-23H2,1-3H3,(H,63,72)(H,64,70)(H,65,75)(H,66,76)(H,67,73)(H,68,74)(H,69,77)(H4,45,46,57)(H4,47,48,58)(H4,49,50,59)(H4,51,52,60)(H4,53,54,61)(H4,55,56,62)/t26-,27-,28-,29-,30-,31-/m0/s1. The van der Waals surface area contributed by atoms with Crippen molar-refractivity contribution >= 4 is 82.9 Å². The summed E-state index contributed by atoms with van der Waals surface area (Å²) in [7, 11) is 0. The third-order valence-electron chi connectivity index (χ3n) is 11.1. The van der Waals surface area contributed by atoms with E-state index in [-0.39, 0.29) is 164 Å². The van der Waals surface area contributed by atoms with Crippen LogP contribution in [-0.4, -0.2) is 165 Å². The topological polar surface area (TPSA) is 592 Å². The third-order valence-corrected chi connectivity index (χ3v) is 11.1. The highest BCUT2D eigenvalue weighted by atomic mass is 16.2. The van der Waals surface area contributed by atoms with Crippen molar-refractivity contribution < 1.29 is 38.4 Å². The van der Waals surface area contributed by atoms with Crippen LogP contribution in [0.15, 0.2) is 0 Å². The Bertz CT molecular complexity index is 2010. The predicted octanol–water partition coefficient (Wildman–Crippen LogP) is -6.77. The first kappa shape index (κ1) is 68.6. The molecule has 0 aromatic heterocycles. The number of guanidine groups is 6. The second-order valence-corrected chi connectivity index (χ2v) is 18.1. The minimum absolute atomic E-state index is 0.0119. The SMILES string of the molecule is CC(=O)N[C@@H](CCCNC(=N)N)C(=O)N[C@@H](CCCNC(=N)N)C(=O)N[C@@H](CCCNC(=N)N)C(=O)N[C@@H](CCCCNC(=N)N)C(=O)N[C@@H](CCCNC(=N)N)C(=O)N[C@@H](CCCNC(=N)N)C(=O)NCC(=O)C(C)C. The molecule has 0 unspecified atom stereocenters. The number of carbonyl (C=O) groups is 8. The number of amides is 7. The zero-order valence-electron chi connectivity index (χ0n) is 44.4. The van der Waals surface area contributed by atoms with Gasteiger partial charge in [0.1, 0.15) is 36.3 Å². The van der Waals surface area contributed by atoms with Gasteiger partial charge in [-0.2, -0.15) is 0 Å². The molecule has 0 aromatic rings. The van der Waals surface area contributed by atoms with Crippen molar-refractivity contribution in [1.29, 1.82) is 32.5 Å². The van der Waals surface area contributed by atoms with E-state index in [0.29, 0.717) is 6.42 Å². The van der Waals surface area contributed by atoms with E-state index in [4.69, 9.17) is 66.9 Å². The molecule has 0 radical (unpaired) electrons. The molecule has 31 N–H and O–H groups in total. The summed E-state index contributed by atoms with van der Waals surface area (Å²) in [5.74, 6) is -8.06. The molecule has 0 aliphatic heterocycles. The minimum atomic E-state index is -1.42. The van der Waals surface area contributed by atoms with Gasteiger partial charge in [0.25, 0.3) is 0 Å². The first-order valence-electron chi connectivity index (χ1n) is 25.3. The van der Waals surface area contributed by atoms with Crippen molar-refractivity contribution in [2.45, 2.75) is 140 Å². The summed E-state index contributed by atoms with van der Waals surface area (Å²) in [5.41, 5.74) is 32.6. The van der Waals surface area contributed by atoms with Gasteiger partial charge in [-0.1, -0.05) is 13.8 Å². The number of unbranched alkanes of at least 4 members (excludes halogenated alkanes) is 1. The molecule has 0 saturated heterocycles. The summed E-state index contributed by atoms with van der Waals surface area (Å²) in [4.78, 5) is 109. The lowest BCUT2D eigenvalue weighted by Gasteiger charge is -2.28. The Hall–Kier alpha value is -8.42. The summed E-state index contributed by atoms with van der Waals surface area (Å²) in [6.07, 6.45) is 1.32. The van der Waals surface area contributed by atoms with Crippen LogP contribution in [0.4, 0.5) is 0 Å². The fourth-order valence-electron chi connectivity index (χ4n) is 7.06. The number of nitrogens with two attached hydrogens (primary N) is 6. The number of ketones is 1. The summed E-state index contributed by atoms with van der Waals surface area (Å²) in [6.45, 7) is 5.04. The molecule has 0 saturated carbocycles. The lowest BCUT2D eigenvalue weighted by atomic mass is 10.0. The maximum absolute atomic E-state index is 14.5. The maximum atomic E-state index is 14.5. The number of hydrogen-bond acceptors (Lipinski definition) is 14. The van der Waals surface area contributed by atoms with Crippen LogP contribution in [-0.2, 0) is 38.4 Å². The number of carbonyl (C=O) groups excluding carboxylic acids is 8. The fraction of sp³-hybridized carbons (Fsp3) is 0.682.